The standard InChI is InChI=1S/C20H14N4O/c25-14-8-5-12(6-9-14)13-7-10-16-15(11-13)19(24-23-16)20-21-17-3-1-2-4-18(17)22-20/h1-11,25H,(H,21,22)(H,23,24). The van der Waals surface area contributed by atoms with Crippen molar-refractivity contribution in [2.75, 3.05) is 0 Å². The minimum Gasteiger partial charge on any atom is -0.508 e. The van der Waals surface area contributed by atoms with Gasteiger partial charge < -0.3 is 10.1 Å². The molecule has 0 fully saturated rings. The molecular weight excluding hydrogens is 312 g/mol. The van der Waals surface area contributed by atoms with Gasteiger partial charge in [-0.15, -0.1) is 0 Å². The molecule has 0 bridgehead atoms. The zero-order valence-electron chi connectivity index (χ0n) is 13.2. The van der Waals surface area contributed by atoms with Crippen molar-refractivity contribution in [3.8, 4) is 28.4 Å². The lowest BCUT2D eigenvalue weighted by molar-refractivity contribution is 0.475. The topological polar surface area (TPSA) is 77.6 Å². The fraction of sp³-hybridized carbons (Fsp3) is 0. The van der Waals surface area contributed by atoms with Crippen LogP contribution in [0.1, 0.15) is 0 Å². The normalized spacial score (nSPS) is 11.4. The summed E-state index contributed by atoms with van der Waals surface area (Å²) in [4.78, 5) is 7.98. The summed E-state index contributed by atoms with van der Waals surface area (Å²) in [6.07, 6.45) is 0. The van der Waals surface area contributed by atoms with Crippen LogP contribution in [0.4, 0.5) is 0 Å². The van der Waals surface area contributed by atoms with Crippen molar-refractivity contribution in [2.45, 2.75) is 0 Å². The second kappa shape index (κ2) is 5.21. The molecule has 5 rings (SSSR count). The van der Waals surface area contributed by atoms with Gasteiger partial charge in [-0.1, -0.05) is 30.3 Å². The molecule has 0 amide bonds. The molecule has 5 nitrogen and oxygen atoms in total. The number of rotatable bonds is 2. The third-order valence-electron chi connectivity index (χ3n) is 4.38. The number of hydrogen-bond donors (Lipinski definition) is 3. The van der Waals surface area contributed by atoms with Crippen molar-refractivity contribution in [1.29, 1.82) is 0 Å². The molecule has 120 valence electrons. The summed E-state index contributed by atoms with van der Waals surface area (Å²) in [5.74, 6) is 1.01. The average molecular weight is 326 g/mol. The number of imidazole rings is 1. The molecule has 0 atom stereocenters. The fourth-order valence-corrected chi connectivity index (χ4v) is 3.09. The molecule has 2 aromatic heterocycles. The Morgan fingerprint density at radius 3 is 2.44 bits per heavy atom. The van der Waals surface area contributed by atoms with Crippen molar-refractivity contribution in [3.05, 3.63) is 66.7 Å². The van der Waals surface area contributed by atoms with Gasteiger partial charge in [-0.3, -0.25) is 5.10 Å². The Bertz CT molecular complexity index is 1170. The van der Waals surface area contributed by atoms with Crippen molar-refractivity contribution in [3.63, 3.8) is 0 Å². The molecule has 0 spiro atoms. The zero-order chi connectivity index (χ0) is 16.8. The van der Waals surface area contributed by atoms with Crippen LogP contribution in [0.5, 0.6) is 5.75 Å². The van der Waals surface area contributed by atoms with E-state index in [-0.39, 0.29) is 5.75 Å². The Labute approximate surface area is 143 Å². The van der Waals surface area contributed by atoms with Crippen molar-refractivity contribution in [2.24, 2.45) is 0 Å². The Hall–Kier alpha value is -3.60. The molecule has 0 radical (unpaired) electrons. The van der Waals surface area contributed by atoms with Gasteiger partial charge in [-0.2, -0.15) is 5.10 Å². The van der Waals surface area contributed by atoms with E-state index in [0.717, 1.165) is 44.6 Å². The number of phenols is 1. The number of H-pyrrole nitrogens is 2. The number of nitrogens with one attached hydrogen (secondary N) is 2. The van der Waals surface area contributed by atoms with E-state index in [9.17, 15) is 5.11 Å². The number of para-hydroxylation sites is 2. The van der Waals surface area contributed by atoms with Crippen LogP contribution in [-0.4, -0.2) is 25.3 Å². The molecule has 0 aliphatic heterocycles. The van der Waals surface area contributed by atoms with E-state index in [2.05, 4.69) is 26.2 Å². The first-order valence-electron chi connectivity index (χ1n) is 8.00. The van der Waals surface area contributed by atoms with Crippen LogP contribution in [0, 0.1) is 0 Å². The van der Waals surface area contributed by atoms with Crippen LogP contribution in [-0.2, 0) is 0 Å². The average Bonchev–Trinajstić information content (AvgIpc) is 3.25. The molecule has 0 aliphatic carbocycles. The summed E-state index contributed by atoms with van der Waals surface area (Å²) in [5.41, 5.74) is 5.76. The van der Waals surface area contributed by atoms with E-state index in [4.69, 9.17) is 0 Å². The highest BCUT2D eigenvalue weighted by Gasteiger charge is 2.13. The SMILES string of the molecule is Oc1ccc(-c2ccc3[nH]nc(-c4nc5ccccc5[nH]4)c3c2)cc1. The molecule has 0 aliphatic rings. The highest BCUT2D eigenvalue weighted by atomic mass is 16.3. The lowest BCUT2D eigenvalue weighted by Gasteiger charge is -2.02. The van der Waals surface area contributed by atoms with Gasteiger partial charge in [-0.25, -0.2) is 4.98 Å². The second-order valence-corrected chi connectivity index (χ2v) is 5.98. The van der Waals surface area contributed by atoms with E-state index in [1.165, 1.54) is 0 Å². The number of aromatic hydroxyl groups is 1. The monoisotopic (exact) mass is 326 g/mol. The molecule has 5 aromatic rings. The van der Waals surface area contributed by atoms with Gasteiger partial charge in [0.05, 0.1) is 16.6 Å². The van der Waals surface area contributed by atoms with Gasteiger partial charge in [-0.05, 0) is 47.5 Å². The van der Waals surface area contributed by atoms with Crippen LogP contribution in [0.2, 0.25) is 0 Å². The van der Waals surface area contributed by atoms with E-state index in [1.807, 2.05) is 48.5 Å². The van der Waals surface area contributed by atoms with Crippen molar-refractivity contribution < 1.29 is 5.11 Å². The number of hydrogen-bond acceptors (Lipinski definition) is 3. The van der Waals surface area contributed by atoms with Gasteiger partial charge >= 0.3 is 0 Å². The van der Waals surface area contributed by atoms with Crippen LogP contribution < -0.4 is 0 Å². The Morgan fingerprint density at radius 2 is 1.60 bits per heavy atom. The maximum atomic E-state index is 9.48. The summed E-state index contributed by atoms with van der Waals surface area (Å²) in [5, 5.41) is 18.0. The number of aromatic amines is 2. The molecule has 0 saturated carbocycles. The van der Waals surface area contributed by atoms with Gasteiger partial charge in [0.2, 0.25) is 0 Å². The molecular formula is C20H14N4O. The number of fused-ring (bicyclic) bond motifs is 2. The van der Waals surface area contributed by atoms with E-state index >= 15 is 0 Å². The molecule has 5 heteroatoms. The first-order chi connectivity index (χ1) is 12.3. The number of phenolic OH excluding ortho intramolecular Hbond substituents is 1. The Balaban J connectivity index is 1.68. The van der Waals surface area contributed by atoms with Crippen LogP contribution in [0.3, 0.4) is 0 Å². The Kier molecular flexibility index (Phi) is 2.87. The highest BCUT2D eigenvalue weighted by Crippen LogP contribution is 2.30. The van der Waals surface area contributed by atoms with Crippen molar-refractivity contribution in [1.82, 2.24) is 20.2 Å². The maximum absolute atomic E-state index is 9.48. The lowest BCUT2D eigenvalue weighted by Crippen LogP contribution is -1.82. The predicted octanol–water partition coefficient (Wildman–Crippen LogP) is 4.48. The smallest absolute Gasteiger partial charge is 0.159 e. The highest BCUT2D eigenvalue weighted by molar-refractivity contribution is 5.95. The summed E-state index contributed by atoms with van der Waals surface area (Å²) >= 11 is 0. The van der Waals surface area contributed by atoms with Gasteiger partial charge in [0, 0.05) is 5.39 Å². The first-order valence-corrected chi connectivity index (χ1v) is 8.00. The van der Waals surface area contributed by atoms with Crippen molar-refractivity contribution >= 4 is 21.9 Å². The van der Waals surface area contributed by atoms with E-state index in [0.29, 0.717) is 0 Å². The largest absolute Gasteiger partial charge is 0.508 e. The number of benzene rings is 3. The maximum Gasteiger partial charge on any atom is 0.159 e. The molecule has 0 saturated heterocycles. The lowest BCUT2D eigenvalue weighted by atomic mass is 10.0. The van der Waals surface area contributed by atoms with E-state index in [1.54, 1.807) is 12.1 Å². The first kappa shape index (κ1) is 13.8. The summed E-state index contributed by atoms with van der Waals surface area (Å²) < 4.78 is 0. The molecule has 0 unspecified atom stereocenters. The molecule has 3 N–H and O–H groups in total. The minimum atomic E-state index is 0.260. The van der Waals surface area contributed by atoms with Gasteiger partial charge in [0.15, 0.2) is 5.82 Å². The van der Waals surface area contributed by atoms with Crippen LogP contribution in [0.15, 0.2) is 66.7 Å². The Morgan fingerprint density at radius 1 is 0.800 bits per heavy atom. The molecule has 25 heavy (non-hydrogen) atoms. The zero-order valence-corrected chi connectivity index (χ0v) is 13.2. The second-order valence-electron chi connectivity index (χ2n) is 5.98. The number of aromatic nitrogens is 4. The minimum absolute atomic E-state index is 0.260. The van der Waals surface area contributed by atoms with E-state index < -0.39 is 0 Å². The summed E-state index contributed by atoms with van der Waals surface area (Å²) in [6.45, 7) is 0. The molecule has 3 aromatic carbocycles. The van der Waals surface area contributed by atoms with Crippen LogP contribution >= 0.6 is 0 Å². The van der Waals surface area contributed by atoms with Crippen LogP contribution in [0.25, 0.3) is 44.6 Å². The summed E-state index contributed by atoms with van der Waals surface area (Å²) in [7, 11) is 0. The third-order valence-corrected chi connectivity index (χ3v) is 4.38. The fourth-order valence-electron chi connectivity index (χ4n) is 3.09. The summed E-state index contributed by atoms with van der Waals surface area (Å²) in [6, 6.07) is 21.3. The molecule has 2 heterocycles. The van der Waals surface area contributed by atoms with Gasteiger partial charge in [0.25, 0.3) is 0 Å². The quantitative estimate of drug-likeness (QED) is 0.447. The third kappa shape index (κ3) is 2.25. The number of nitrogens with zero attached hydrogens (tertiary/aromatic N) is 2. The predicted molar refractivity (Wildman–Crippen MR) is 98.3 cm³/mol. The van der Waals surface area contributed by atoms with Gasteiger partial charge in [0.1, 0.15) is 11.4 Å².